The Morgan fingerprint density at radius 3 is 0.863 bits per heavy atom. The molecule has 8 heterocycles. The van der Waals surface area contributed by atoms with Crippen LogP contribution in [0.25, 0.3) is 0 Å². The zero-order chi connectivity index (χ0) is 104. The Morgan fingerprint density at radius 1 is 0.389 bits per heavy atom. The van der Waals surface area contributed by atoms with Gasteiger partial charge in [-0.15, -0.1) is 0 Å². The first-order valence-corrected chi connectivity index (χ1v) is 32.3. The molecule has 0 aliphatic carbocycles. The first kappa shape index (κ1) is 36.3. The Hall–Kier alpha value is -5.04. The number of nitrogens with zero attached hydrogens (tertiary/aromatic N) is 4. The van der Waals surface area contributed by atoms with Crippen LogP contribution >= 0.6 is 0 Å². The van der Waals surface area contributed by atoms with Crippen LogP contribution in [-0.2, 0) is 25.7 Å². The van der Waals surface area contributed by atoms with Gasteiger partial charge in [0.1, 0.15) is 0 Å². The van der Waals surface area contributed by atoms with E-state index in [1.807, 2.05) is 9.80 Å². The molecule has 0 aromatic heterocycles. The highest BCUT2D eigenvalue weighted by atomic mass is 16.5. The molecule has 16 heteroatoms. The van der Waals surface area contributed by atoms with E-state index in [-0.39, 0.29) is 103 Å². The summed E-state index contributed by atoms with van der Waals surface area (Å²) in [6, 6.07) is 10.9. The molecule has 12 rings (SSSR count). The fourth-order valence-corrected chi connectivity index (χ4v) is 15.3. The highest BCUT2D eigenvalue weighted by Crippen LogP contribution is 2.49. The Morgan fingerprint density at radius 2 is 0.621 bits per heavy atom. The van der Waals surface area contributed by atoms with Gasteiger partial charge in [-0.2, -0.15) is 0 Å². The van der Waals surface area contributed by atoms with Crippen molar-refractivity contribution in [3.05, 3.63) is 93.0 Å². The van der Waals surface area contributed by atoms with E-state index < -0.39 is 173 Å². The quantitative estimate of drug-likeness (QED) is 0.0997. The third kappa shape index (κ3) is 17.9. The van der Waals surface area contributed by atoms with Crippen LogP contribution in [0.5, 0.6) is 46.0 Å². The summed E-state index contributed by atoms with van der Waals surface area (Å²) in [7, 11) is -13.8. The van der Waals surface area contributed by atoms with Gasteiger partial charge < -0.3 is 58.3 Å². The van der Waals surface area contributed by atoms with E-state index in [0.29, 0.717) is 74.3 Å². The van der Waals surface area contributed by atoms with Gasteiger partial charge in [-0.3, -0.25) is 19.6 Å². The summed E-state index contributed by atoms with van der Waals surface area (Å²) in [5.41, 5.74) is -2.17. The Balaban J connectivity index is 0.000000205. The molecular weight excluding hydrogens is 1200 g/mol. The number of rotatable bonds is 13. The van der Waals surface area contributed by atoms with E-state index in [4.69, 9.17) is 95.5 Å². The molecule has 0 bridgehead atoms. The maximum Gasteiger partial charge on any atom is 0.161 e. The lowest BCUT2D eigenvalue weighted by Gasteiger charge is -2.47. The van der Waals surface area contributed by atoms with Crippen LogP contribution in [0.3, 0.4) is 0 Å². The molecule has 8 aliphatic rings. The van der Waals surface area contributed by atoms with Crippen molar-refractivity contribution in [1.82, 2.24) is 19.6 Å². The minimum absolute atomic E-state index is 0.00872. The molecule has 16 nitrogen and oxygen atoms in total. The topological polar surface area (TPSA) is 168 Å². The van der Waals surface area contributed by atoms with Gasteiger partial charge in [0, 0.05) is 109 Å². The van der Waals surface area contributed by atoms with Gasteiger partial charge in [-0.05, 0) is 216 Å². The molecule has 8 aliphatic heterocycles. The van der Waals surface area contributed by atoms with Crippen molar-refractivity contribution < 1.29 is 116 Å². The monoisotopic (exact) mass is 1360 g/mol. The number of piperidine rings is 4. The van der Waals surface area contributed by atoms with Crippen LogP contribution in [-0.4, -0.2) is 173 Å². The van der Waals surface area contributed by atoms with E-state index in [2.05, 4.69) is 18.7 Å². The smallest absolute Gasteiger partial charge is 0.161 e. The van der Waals surface area contributed by atoms with Gasteiger partial charge in [0.05, 0.1) is 106 Å². The standard InChI is InChI=1S/3C20H31NO3.C19H29NO3/c3*1-20(2,3)11-14-12-21-7-6-13-8-18(23-4)19(24-5)9-15(13)16(21)10-17(14)22;1-12(2)7-14-11-20-6-5-13-8-18(22-3)19(23-4)9-15(13)16(20)10-17(14)21/h3*8-9,14,16-17,22H,6-7,10-12H2,1-5H3;8-9,12,14,16-17,21H,5-7,10-11H2,1-4H3/i1D3,2D3,4D3,5D3,11D2;1D3,2D3,5D3,11D2;1D3,2D3,4D3,11D2;3D3,4D3. The zero-order valence-electron chi connectivity index (χ0n) is 97.0. The lowest BCUT2D eigenvalue weighted by atomic mass is 9.75. The van der Waals surface area contributed by atoms with Crippen molar-refractivity contribution in [2.45, 2.75) is 201 Å². The third-order valence-corrected chi connectivity index (χ3v) is 19.5. The predicted octanol–water partition coefficient (Wildman–Crippen LogP) is 13.3. The summed E-state index contributed by atoms with van der Waals surface area (Å²) in [5.74, 6) is -3.48. The van der Waals surface area contributed by atoms with E-state index in [0.717, 1.165) is 68.1 Å². The molecular formula is C79H122N4O12. The maximum absolute atomic E-state index is 11.1. The van der Waals surface area contributed by atoms with Crippen LogP contribution in [0.1, 0.15) is 253 Å². The number of aliphatic hydroxyl groups is 4. The summed E-state index contributed by atoms with van der Waals surface area (Å²) in [6.45, 7) is -9.51. The van der Waals surface area contributed by atoms with Gasteiger partial charge in [0.2, 0.25) is 0 Å². The first-order chi connectivity index (χ1) is 61.7. The fourth-order valence-electron chi connectivity index (χ4n) is 15.3. The Bertz CT molecular complexity index is 4780. The van der Waals surface area contributed by atoms with Gasteiger partial charge in [-0.25, -0.2) is 0 Å². The normalized spacial score (nSPS) is 36.0. The molecule has 0 radical (unpaired) electrons. The molecule has 0 amide bonds. The SMILES string of the molecule is [2H]C([2H])([2H])Oc1cc2c(cc1OC([2H])([2H])[2H])C1CC(O)C(C([2H])([2H])C(C)(C([2H])([2H])[2H])C([2H])([2H])[2H])CN1CC2.[2H]C([2H])([2H])Oc1cc2c(cc1OC([2H])([2H])[2H])C1CC(O)C(CC(C)C)CN1CC2.[2H]C([2H])([2H])Oc1cc2c(cc1OC)C1CC(O)C(C([2H])([2H])C(C)(C([2H])([2H])[2H])C([2H])([2H])[2H])CN1CC2.[2H]C([2H])([2H])Oc1cc2c(cc1OC)CCN1CC(C([2H])([2H])C(C)(C([2H])([2H])[2H])C([2H])([2H])[2H])C(O)CC21. The number of hydrogen-bond donors (Lipinski definition) is 4. The van der Waals surface area contributed by atoms with Crippen LogP contribution in [0.4, 0.5) is 0 Å². The highest BCUT2D eigenvalue weighted by Gasteiger charge is 2.44. The Labute approximate surface area is 630 Å². The lowest BCUT2D eigenvalue weighted by Crippen LogP contribution is -2.48. The number of aliphatic hydroxyl groups excluding tert-OH is 4. The van der Waals surface area contributed by atoms with Crippen molar-refractivity contribution in [1.29, 1.82) is 0 Å². The van der Waals surface area contributed by atoms with Gasteiger partial charge in [0.15, 0.2) is 46.0 Å². The lowest BCUT2D eigenvalue weighted by molar-refractivity contribution is -0.0259. The van der Waals surface area contributed by atoms with E-state index in [1.54, 1.807) is 41.3 Å². The van der Waals surface area contributed by atoms with Crippen LogP contribution in [0, 0.1) is 45.8 Å². The van der Waals surface area contributed by atoms with E-state index in [9.17, 15) is 20.4 Å². The molecule has 4 aromatic carbocycles. The summed E-state index contributed by atoms with van der Waals surface area (Å²) >= 11 is 0. The van der Waals surface area contributed by atoms with Gasteiger partial charge >= 0.3 is 0 Å². The van der Waals surface area contributed by atoms with Gasteiger partial charge in [-0.1, -0.05) is 75.7 Å². The summed E-state index contributed by atoms with van der Waals surface area (Å²) in [4.78, 5) is 7.88. The molecule has 12 unspecified atom stereocenters. The van der Waals surface area contributed by atoms with Crippen molar-refractivity contribution in [2.75, 3.05) is 109 Å². The Kier molecular flexibility index (Phi) is 12.0. The fraction of sp³-hybridized carbons (Fsp3) is 0.696. The van der Waals surface area contributed by atoms with E-state index in [1.165, 1.54) is 26.4 Å². The van der Waals surface area contributed by atoms with E-state index >= 15 is 0 Å². The third-order valence-electron chi connectivity index (χ3n) is 19.5. The van der Waals surface area contributed by atoms with Crippen LogP contribution in [0.15, 0.2) is 48.5 Å². The second-order valence-corrected chi connectivity index (χ2v) is 27.3. The predicted molar refractivity (Wildman–Crippen MR) is 378 cm³/mol. The molecule has 0 saturated carbocycles. The molecule has 4 saturated heterocycles. The molecule has 0 spiro atoms. The zero-order valence-corrected chi connectivity index (χ0v) is 55.0. The van der Waals surface area contributed by atoms with Crippen molar-refractivity contribution in [2.24, 2.45) is 45.8 Å². The average molecular weight is 1360 g/mol. The number of benzene rings is 4. The number of hydrogen-bond acceptors (Lipinski definition) is 16. The molecule has 12 atom stereocenters. The molecule has 95 heavy (non-hydrogen) atoms. The summed E-state index contributed by atoms with van der Waals surface area (Å²) in [5, 5.41) is 43.8. The highest BCUT2D eigenvalue weighted by molar-refractivity contribution is 5.53. The minimum atomic E-state index is -3.20. The molecule has 4 fully saturated rings. The van der Waals surface area contributed by atoms with Crippen LogP contribution < -0.4 is 37.9 Å². The van der Waals surface area contributed by atoms with Crippen molar-refractivity contribution in [3.8, 4) is 46.0 Å². The second-order valence-electron chi connectivity index (χ2n) is 27.3. The average Bonchev–Trinajstić information content (AvgIpc) is 0.722. The number of methoxy groups -OCH3 is 8. The molecule has 4 N–H and O–H groups in total. The molecule has 4 aromatic rings. The minimum Gasteiger partial charge on any atom is -0.493 e. The summed E-state index contributed by atoms with van der Waals surface area (Å²) < 4.78 is 368. The second kappa shape index (κ2) is 31.4. The first-order valence-electron chi connectivity index (χ1n) is 53.3. The van der Waals surface area contributed by atoms with Crippen molar-refractivity contribution in [3.63, 3.8) is 0 Å². The largest absolute Gasteiger partial charge is 0.493 e. The molecule has 530 valence electrons. The summed E-state index contributed by atoms with van der Waals surface area (Å²) in [6.07, 6.45) is -9.43. The van der Waals surface area contributed by atoms with Crippen LogP contribution in [0.2, 0.25) is 0 Å². The van der Waals surface area contributed by atoms with Crippen molar-refractivity contribution >= 4 is 0 Å². The number of ether oxygens (including phenoxy) is 8. The maximum atomic E-state index is 11.1. The van der Waals surface area contributed by atoms with Gasteiger partial charge in [0.25, 0.3) is 0 Å². The number of fused-ring (bicyclic) bond motifs is 12.